The van der Waals surface area contributed by atoms with E-state index >= 15 is 0 Å². The molecule has 17 heavy (non-hydrogen) atoms. The summed E-state index contributed by atoms with van der Waals surface area (Å²) < 4.78 is 13.1. The Labute approximate surface area is 104 Å². The minimum absolute atomic E-state index is 0.00712. The van der Waals surface area contributed by atoms with Crippen LogP contribution in [0.25, 0.3) is 11.3 Å². The first-order valence-electron chi connectivity index (χ1n) is 5.67. The van der Waals surface area contributed by atoms with Crippen LogP contribution >= 0.6 is 11.3 Å². The van der Waals surface area contributed by atoms with Crippen molar-refractivity contribution in [3.05, 3.63) is 40.5 Å². The number of benzene rings is 1. The van der Waals surface area contributed by atoms with Gasteiger partial charge in [-0.15, -0.1) is 11.3 Å². The molecule has 4 heteroatoms. The summed E-state index contributed by atoms with van der Waals surface area (Å²) in [5, 5.41) is 2.85. The van der Waals surface area contributed by atoms with Crippen LogP contribution in [-0.2, 0) is 0 Å². The summed E-state index contributed by atoms with van der Waals surface area (Å²) in [7, 11) is 0. The zero-order valence-electron chi connectivity index (χ0n) is 9.69. The number of nitrogens with two attached hydrogens (primary N) is 1. The number of aromatic nitrogens is 1. The van der Waals surface area contributed by atoms with Gasteiger partial charge in [-0.1, -0.05) is 25.5 Å². The smallest absolute Gasteiger partial charge is 0.123 e. The zero-order valence-corrected chi connectivity index (χ0v) is 10.5. The van der Waals surface area contributed by atoms with Crippen molar-refractivity contribution in [1.29, 1.82) is 0 Å². The van der Waals surface area contributed by atoms with E-state index in [0.717, 1.165) is 29.1 Å². The van der Waals surface area contributed by atoms with Crippen molar-refractivity contribution in [3.63, 3.8) is 0 Å². The highest BCUT2D eigenvalue weighted by atomic mass is 32.1. The molecular weight excluding hydrogens is 235 g/mol. The maximum absolute atomic E-state index is 13.1. The Bertz CT molecular complexity index is 496. The van der Waals surface area contributed by atoms with Gasteiger partial charge in [-0.25, -0.2) is 9.37 Å². The van der Waals surface area contributed by atoms with Gasteiger partial charge < -0.3 is 5.73 Å². The second-order valence-corrected chi connectivity index (χ2v) is 4.87. The van der Waals surface area contributed by atoms with Crippen LogP contribution in [0, 0.1) is 5.82 Å². The largest absolute Gasteiger partial charge is 0.322 e. The molecule has 0 aliphatic rings. The zero-order chi connectivity index (χ0) is 12.3. The van der Waals surface area contributed by atoms with Gasteiger partial charge in [0.1, 0.15) is 10.8 Å². The van der Waals surface area contributed by atoms with Crippen molar-refractivity contribution in [2.45, 2.75) is 25.8 Å². The highest BCUT2D eigenvalue weighted by Crippen LogP contribution is 2.26. The lowest BCUT2D eigenvalue weighted by Crippen LogP contribution is -2.09. The fourth-order valence-electron chi connectivity index (χ4n) is 1.67. The molecule has 0 radical (unpaired) electrons. The first kappa shape index (κ1) is 12.2. The molecule has 0 aliphatic carbocycles. The number of thiazole rings is 1. The Morgan fingerprint density at radius 3 is 3.00 bits per heavy atom. The average Bonchev–Trinajstić information content (AvgIpc) is 2.78. The predicted octanol–water partition coefficient (Wildman–Crippen LogP) is 3.75. The summed E-state index contributed by atoms with van der Waals surface area (Å²) >= 11 is 1.54. The van der Waals surface area contributed by atoms with Gasteiger partial charge in [-0.3, -0.25) is 0 Å². The first-order valence-corrected chi connectivity index (χ1v) is 6.55. The van der Waals surface area contributed by atoms with Crippen molar-refractivity contribution in [3.8, 4) is 11.3 Å². The van der Waals surface area contributed by atoms with Crippen LogP contribution in [0.1, 0.15) is 30.8 Å². The van der Waals surface area contributed by atoms with E-state index in [0.29, 0.717) is 0 Å². The molecule has 0 aliphatic heterocycles. The number of halogens is 1. The Kier molecular flexibility index (Phi) is 3.86. The van der Waals surface area contributed by atoms with Crippen molar-refractivity contribution in [1.82, 2.24) is 4.98 Å². The Hall–Kier alpha value is -1.26. The van der Waals surface area contributed by atoms with Crippen LogP contribution in [0.15, 0.2) is 29.6 Å². The van der Waals surface area contributed by atoms with Crippen LogP contribution in [0.5, 0.6) is 0 Å². The molecule has 2 aromatic rings. The Morgan fingerprint density at radius 1 is 1.47 bits per heavy atom. The maximum Gasteiger partial charge on any atom is 0.123 e. The van der Waals surface area contributed by atoms with E-state index in [-0.39, 0.29) is 11.9 Å². The Balaban J connectivity index is 2.23. The van der Waals surface area contributed by atoms with Gasteiger partial charge in [0.15, 0.2) is 0 Å². The third kappa shape index (κ3) is 2.90. The molecule has 0 saturated heterocycles. The van der Waals surface area contributed by atoms with Gasteiger partial charge in [0.25, 0.3) is 0 Å². The number of nitrogens with zero attached hydrogens (tertiary/aromatic N) is 1. The van der Waals surface area contributed by atoms with Crippen molar-refractivity contribution in [2.24, 2.45) is 5.73 Å². The van der Waals surface area contributed by atoms with Gasteiger partial charge in [-0.2, -0.15) is 0 Å². The minimum atomic E-state index is -0.241. The van der Waals surface area contributed by atoms with Gasteiger partial charge in [-0.05, 0) is 18.6 Å². The van der Waals surface area contributed by atoms with Gasteiger partial charge in [0.2, 0.25) is 0 Å². The minimum Gasteiger partial charge on any atom is -0.322 e. The van der Waals surface area contributed by atoms with Crippen molar-refractivity contribution < 1.29 is 4.39 Å². The van der Waals surface area contributed by atoms with Gasteiger partial charge in [0.05, 0.1) is 11.7 Å². The Morgan fingerprint density at radius 2 is 2.29 bits per heavy atom. The SMILES string of the molecule is CCCC(N)c1nc(-c2cccc(F)c2)cs1. The number of hydrogen-bond acceptors (Lipinski definition) is 3. The molecule has 1 aromatic carbocycles. The molecule has 2 rings (SSSR count). The van der Waals surface area contributed by atoms with E-state index in [2.05, 4.69) is 11.9 Å². The van der Waals surface area contributed by atoms with Gasteiger partial charge >= 0.3 is 0 Å². The molecule has 0 amide bonds. The lowest BCUT2D eigenvalue weighted by molar-refractivity contribution is 0.628. The van der Waals surface area contributed by atoms with E-state index in [1.54, 1.807) is 6.07 Å². The second kappa shape index (κ2) is 5.38. The second-order valence-electron chi connectivity index (χ2n) is 3.98. The monoisotopic (exact) mass is 250 g/mol. The molecule has 2 N–H and O–H groups in total. The molecule has 0 fully saturated rings. The lowest BCUT2D eigenvalue weighted by Gasteiger charge is -2.05. The summed E-state index contributed by atoms with van der Waals surface area (Å²) in [5.74, 6) is -0.241. The van der Waals surface area contributed by atoms with Crippen LogP contribution in [0.2, 0.25) is 0 Å². The van der Waals surface area contributed by atoms with Crippen molar-refractivity contribution in [2.75, 3.05) is 0 Å². The predicted molar refractivity (Wildman–Crippen MR) is 69.3 cm³/mol. The molecule has 1 atom stereocenters. The normalized spacial score (nSPS) is 12.6. The molecule has 1 unspecified atom stereocenters. The standard InChI is InChI=1S/C13H15FN2S/c1-2-4-11(15)13-16-12(8-17-13)9-5-3-6-10(14)7-9/h3,5-8,11H,2,4,15H2,1H3. The first-order chi connectivity index (χ1) is 8.20. The van der Waals surface area contributed by atoms with Crippen LogP contribution in [0.4, 0.5) is 4.39 Å². The molecular formula is C13H15FN2S. The van der Waals surface area contributed by atoms with E-state index in [4.69, 9.17) is 5.73 Å². The van der Waals surface area contributed by atoms with Crippen LogP contribution in [-0.4, -0.2) is 4.98 Å². The molecule has 0 saturated carbocycles. The number of hydrogen-bond donors (Lipinski definition) is 1. The fraction of sp³-hybridized carbons (Fsp3) is 0.308. The average molecular weight is 250 g/mol. The van der Waals surface area contributed by atoms with Gasteiger partial charge in [0, 0.05) is 10.9 Å². The number of rotatable bonds is 4. The fourth-order valence-corrected chi connectivity index (χ4v) is 2.54. The molecule has 90 valence electrons. The molecule has 1 aromatic heterocycles. The van der Waals surface area contributed by atoms with E-state index in [1.807, 2.05) is 11.4 Å². The summed E-state index contributed by atoms with van der Waals surface area (Å²) in [6.07, 6.45) is 1.96. The maximum atomic E-state index is 13.1. The molecule has 2 nitrogen and oxygen atoms in total. The highest BCUT2D eigenvalue weighted by Gasteiger charge is 2.11. The topological polar surface area (TPSA) is 38.9 Å². The van der Waals surface area contributed by atoms with E-state index in [1.165, 1.54) is 23.5 Å². The lowest BCUT2D eigenvalue weighted by atomic mass is 10.1. The highest BCUT2D eigenvalue weighted by molar-refractivity contribution is 7.10. The summed E-state index contributed by atoms with van der Waals surface area (Å²) in [6.45, 7) is 2.10. The van der Waals surface area contributed by atoms with E-state index < -0.39 is 0 Å². The third-order valence-corrected chi connectivity index (χ3v) is 3.54. The van der Waals surface area contributed by atoms with E-state index in [9.17, 15) is 4.39 Å². The van der Waals surface area contributed by atoms with Crippen LogP contribution < -0.4 is 5.73 Å². The molecule has 0 spiro atoms. The quantitative estimate of drug-likeness (QED) is 0.897. The van der Waals surface area contributed by atoms with Crippen LogP contribution in [0.3, 0.4) is 0 Å². The molecule has 0 bridgehead atoms. The van der Waals surface area contributed by atoms with Crippen molar-refractivity contribution >= 4 is 11.3 Å². The summed E-state index contributed by atoms with van der Waals surface area (Å²) in [5.41, 5.74) is 7.60. The third-order valence-electron chi connectivity index (χ3n) is 2.56. The molecule has 1 heterocycles. The summed E-state index contributed by atoms with van der Waals surface area (Å²) in [4.78, 5) is 4.47. The summed E-state index contributed by atoms with van der Waals surface area (Å²) in [6, 6.07) is 6.46.